The van der Waals surface area contributed by atoms with Gasteiger partial charge in [0.15, 0.2) is 0 Å². The number of anilines is 2. The SMILES string of the molecule is COc1ccccc1C(=O)Nc1ccc(N2CCN(Cc3ccc(F)cc3)C2=O)nc1. The highest BCUT2D eigenvalue weighted by atomic mass is 19.1. The van der Waals surface area contributed by atoms with Crippen LogP contribution in [0.2, 0.25) is 0 Å². The van der Waals surface area contributed by atoms with E-state index in [1.165, 1.54) is 25.4 Å². The van der Waals surface area contributed by atoms with E-state index in [-0.39, 0.29) is 17.8 Å². The van der Waals surface area contributed by atoms with Gasteiger partial charge < -0.3 is 15.0 Å². The zero-order valence-corrected chi connectivity index (χ0v) is 16.9. The number of benzene rings is 2. The summed E-state index contributed by atoms with van der Waals surface area (Å²) in [5.41, 5.74) is 1.79. The summed E-state index contributed by atoms with van der Waals surface area (Å²) in [6.07, 6.45) is 1.51. The van der Waals surface area contributed by atoms with E-state index in [9.17, 15) is 14.0 Å². The second kappa shape index (κ2) is 8.83. The van der Waals surface area contributed by atoms with Crippen molar-refractivity contribution in [2.24, 2.45) is 0 Å². The van der Waals surface area contributed by atoms with Crippen molar-refractivity contribution >= 4 is 23.4 Å². The van der Waals surface area contributed by atoms with E-state index in [4.69, 9.17) is 4.74 Å². The quantitative estimate of drug-likeness (QED) is 0.656. The summed E-state index contributed by atoms with van der Waals surface area (Å²) in [4.78, 5) is 32.9. The molecule has 2 aromatic carbocycles. The van der Waals surface area contributed by atoms with Crippen molar-refractivity contribution in [3.63, 3.8) is 0 Å². The van der Waals surface area contributed by atoms with Gasteiger partial charge >= 0.3 is 6.03 Å². The van der Waals surface area contributed by atoms with Gasteiger partial charge in [0.2, 0.25) is 0 Å². The first-order valence-electron chi connectivity index (χ1n) is 9.76. The lowest BCUT2D eigenvalue weighted by Gasteiger charge is -2.18. The molecule has 0 unspecified atom stereocenters. The van der Waals surface area contributed by atoms with Gasteiger partial charge in [0.05, 0.1) is 24.6 Å². The first-order chi connectivity index (χ1) is 15.0. The normalized spacial score (nSPS) is 13.4. The van der Waals surface area contributed by atoms with Crippen LogP contribution in [0.5, 0.6) is 5.75 Å². The Bertz CT molecular complexity index is 1090. The molecule has 1 fully saturated rings. The lowest BCUT2D eigenvalue weighted by Crippen LogP contribution is -2.31. The highest BCUT2D eigenvalue weighted by Gasteiger charge is 2.30. The predicted molar refractivity (Wildman–Crippen MR) is 115 cm³/mol. The molecule has 2 heterocycles. The lowest BCUT2D eigenvalue weighted by atomic mass is 10.2. The van der Waals surface area contributed by atoms with Gasteiger partial charge in [-0.2, -0.15) is 0 Å². The molecule has 0 bridgehead atoms. The summed E-state index contributed by atoms with van der Waals surface area (Å²) < 4.78 is 18.3. The van der Waals surface area contributed by atoms with Crippen LogP contribution in [0.25, 0.3) is 0 Å². The minimum absolute atomic E-state index is 0.164. The molecule has 8 heteroatoms. The van der Waals surface area contributed by atoms with Gasteiger partial charge in [0.1, 0.15) is 17.4 Å². The number of nitrogens with one attached hydrogen (secondary N) is 1. The van der Waals surface area contributed by atoms with Crippen molar-refractivity contribution in [2.45, 2.75) is 6.54 Å². The van der Waals surface area contributed by atoms with Crippen LogP contribution >= 0.6 is 0 Å². The molecule has 4 rings (SSSR count). The summed E-state index contributed by atoms with van der Waals surface area (Å²) in [5, 5.41) is 2.78. The van der Waals surface area contributed by atoms with E-state index in [0.717, 1.165) is 5.56 Å². The standard InChI is InChI=1S/C23H21FN4O3/c1-31-20-5-3-2-4-19(20)22(29)26-18-10-11-21(25-14-18)28-13-12-27(23(28)30)15-16-6-8-17(24)9-7-16/h2-11,14H,12-13,15H2,1H3,(H,26,29). The Balaban J connectivity index is 1.40. The van der Waals surface area contributed by atoms with Crippen molar-refractivity contribution < 1.29 is 18.7 Å². The molecule has 3 amide bonds. The maximum atomic E-state index is 13.1. The van der Waals surface area contributed by atoms with Crippen molar-refractivity contribution in [1.82, 2.24) is 9.88 Å². The fraction of sp³-hybridized carbons (Fsp3) is 0.174. The monoisotopic (exact) mass is 420 g/mol. The Morgan fingerprint density at radius 1 is 1.10 bits per heavy atom. The van der Waals surface area contributed by atoms with Gasteiger partial charge in [-0.05, 0) is 42.0 Å². The molecule has 1 N–H and O–H groups in total. The molecule has 1 aliphatic rings. The molecule has 0 saturated carbocycles. The molecule has 158 valence electrons. The predicted octanol–water partition coefficient (Wildman–Crippen LogP) is 3.92. The Morgan fingerprint density at radius 3 is 2.58 bits per heavy atom. The number of rotatable bonds is 6. The third-order valence-corrected chi connectivity index (χ3v) is 5.02. The molecule has 1 saturated heterocycles. The number of carbonyl (C=O) groups is 2. The van der Waals surface area contributed by atoms with Crippen molar-refractivity contribution in [2.75, 3.05) is 30.4 Å². The average molecular weight is 420 g/mol. The Labute approximate surface area is 179 Å². The second-order valence-electron chi connectivity index (χ2n) is 7.04. The molecule has 3 aromatic rings. The van der Waals surface area contributed by atoms with Gasteiger partial charge in [-0.1, -0.05) is 24.3 Å². The lowest BCUT2D eigenvalue weighted by molar-refractivity contribution is 0.102. The third kappa shape index (κ3) is 4.48. The number of amides is 3. The first-order valence-corrected chi connectivity index (χ1v) is 9.76. The Hall–Kier alpha value is -3.94. The van der Waals surface area contributed by atoms with E-state index in [0.29, 0.717) is 42.5 Å². The van der Waals surface area contributed by atoms with Crippen LogP contribution in [0, 0.1) is 5.82 Å². The van der Waals surface area contributed by atoms with Gasteiger partial charge in [-0.15, -0.1) is 0 Å². The summed E-state index contributed by atoms with van der Waals surface area (Å²) in [5.74, 6) is 0.366. The summed E-state index contributed by atoms with van der Waals surface area (Å²) in [6.45, 7) is 1.45. The Morgan fingerprint density at radius 2 is 1.87 bits per heavy atom. The van der Waals surface area contributed by atoms with Crippen molar-refractivity contribution in [3.05, 3.63) is 83.8 Å². The van der Waals surface area contributed by atoms with E-state index in [1.807, 2.05) is 0 Å². The molecule has 0 aliphatic carbocycles. The molecule has 0 atom stereocenters. The molecular weight excluding hydrogens is 399 g/mol. The molecule has 0 radical (unpaired) electrons. The van der Waals surface area contributed by atoms with Crippen LogP contribution in [-0.4, -0.2) is 42.0 Å². The number of nitrogens with zero attached hydrogens (tertiary/aromatic N) is 3. The number of ether oxygens (including phenoxy) is 1. The topological polar surface area (TPSA) is 74.8 Å². The van der Waals surface area contributed by atoms with Crippen molar-refractivity contribution in [3.8, 4) is 5.75 Å². The minimum atomic E-state index is -0.310. The first kappa shape index (κ1) is 20.3. The molecule has 31 heavy (non-hydrogen) atoms. The maximum absolute atomic E-state index is 13.1. The van der Waals surface area contributed by atoms with Crippen LogP contribution < -0.4 is 15.0 Å². The zero-order valence-electron chi connectivity index (χ0n) is 16.9. The van der Waals surface area contributed by atoms with Gasteiger partial charge in [-0.3, -0.25) is 9.69 Å². The number of aromatic nitrogens is 1. The summed E-state index contributed by atoms with van der Waals surface area (Å²) in [6, 6.07) is 16.3. The fourth-order valence-corrected chi connectivity index (χ4v) is 3.40. The summed E-state index contributed by atoms with van der Waals surface area (Å²) in [7, 11) is 1.51. The minimum Gasteiger partial charge on any atom is -0.496 e. The maximum Gasteiger partial charge on any atom is 0.326 e. The smallest absolute Gasteiger partial charge is 0.326 e. The van der Waals surface area contributed by atoms with E-state index in [2.05, 4.69) is 10.3 Å². The third-order valence-electron chi connectivity index (χ3n) is 5.02. The number of pyridine rings is 1. The molecular formula is C23H21FN4O3. The zero-order chi connectivity index (χ0) is 21.8. The Kier molecular flexibility index (Phi) is 5.79. The number of hydrogen-bond acceptors (Lipinski definition) is 4. The number of para-hydroxylation sites is 1. The van der Waals surface area contributed by atoms with E-state index < -0.39 is 0 Å². The van der Waals surface area contributed by atoms with Gasteiger partial charge in [0, 0.05) is 19.6 Å². The van der Waals surface area contributed by atoms with Gasteiger partial charge in [0.25, 0.3) is 5.91 Å². The number of hydrogen-bond donors (Lipinski definition) is 1. The van der Waals surface area contributed by atoms with Crippen molar-refractivity contribution in [1.29, 1.82) is 0 Å². The van der Waals surface area contributed by atoms with Gasteiger partial charge in [-0.25, -0.2) is 14.2 Å². The highest BCUT2D eigenvalue weighted by molar-refractivity contribution is 6.06. The average Bonchev–Trinajstić information content (AvgIpc) is 3.15. The van der Waals surface area contributed by atoms with Crippen LogP contribution in [0.4, 0.5) is 20.7 Å². The van der Waals surface area contributed by atoms with Crippen LogP contribution in [0.1, 0.15) is 15.9 Å². The fourth-order valence-electron chi connectivity index (χ4n) is 3.40. The number of carbonyl (C=O) groups excluding carboxylic acids is 2. The summed E-state index contributed by atoms with van der Waals surface area (Å²) >= 11 is 0. The second-order valence-corrected chi connectivity index (χ2v) is 7.04. The highest BCUT2D eigenvalue weighted by Crippen LogP contribution is 2.23. The van der Waals surface area contributed by atoms with Crippen LogP contribution in [-0.2, 0) is 6.54 Å². The van der Waals surface area contributed by atoms with Crippen LogP contribution in [0.15, 0.2) is 66.9 Å². The number of halogens is 1. The largest absolute Gasteiger partial charge is 0.496 e. The molecule has 7 nitrogen and oxygen atoms in total. The number of urea groups is 1. The van der Waals surface area contributed by atoms with E-state index >= 15 is 0 Å². The molecule has 1 aliphatic heterocycles. The van der Waals surface area contributed by atoms with Crippen LogP contribution in [0.3, 0.4) is 0 Å². The van der Waals surface area contributed by atoms with E-state index in [1.54, 1.807) is 58.3 Å². The number of methoxy groups -OCH3 is 1. The molecule has 0 spiro atoms. The molecule has 1 aromatic heterocycles.